The molecule has 3 nitrogen and oxygen atoms in total. The third kappa shape index (κ3) is 2.82. The van der Waals surface area contributed by atoms with Gasteiger partial charge in [0.25, 0.3) is 0 Å². The molecular formula is C14H17BrN2O. The van der Waals surface area contributed by atoms with Gasteiger partial charge in [-0.25, -0.2) is 0 Å². The van der Waals surface area contributed by atoms with E-state index in [1.54, 1.807) is 0 Å². The van der Waals surface area contributed by atoms with Gasteiger partial charge in [0.15, 0.2) is 0 Å². The maximum atomic E-state index is 9.06. The third-order valence-corrected chi connectivity index (χ3v) is 3.73. The minimum absolute atomic E-state index is 0.221. The highest BCUT2D eigenvalue weighted by Gasteiger charge is 2.20. The summed E-state index contributed by atoms with van der Waals surface area (Å²) in [5.74, 6) is 0.264. The van der Waals surface area contributed by atoms with Crippen LogP contribution in [-0.2, 0) is 7.05 Å². The predicted octanol–water partition coefficient (Wildman–Crippen LogP) is 3.09. The van der Waals surface area contributed by atoms with Crippen LogP contribution in [0.5, 0.6) is 0 Å². The number of aliphatic hydroxyl groups is 1. The molecule has 0 spiro atoms. The van der Waals surface area contributed by atoms with Crippen LogP contribution in [0.2, 0.25) is 0 Å². The average molecular weight is 309 g/mol. The van der Waals surface area contributed by atoms with E-state index in [0.717, 1.165) is 23.0 Å². The lowest BCUT2D eigenvalue weighted by Gasteiger charge is -2.18. The van der Waals surface area contributed by atoms with E-state index in [1.807, 2.05) is 36.1 Å². The number of aryl methyl sites for hydroxylation is 1. The van der Waals surface area contributed by atoms with Crippen molar-refractivity contribution in [1.29, 1.82) is 0 Å². The monoisotopic (exact) mass is 308 g/mol. The average Bonchev–Trinajstić information content (AvgIpc) is 2.72. The number of aliphatic hydroxyl groups excluding tert-OH is 1. The van der Waals surface area contributed by atoms with Gasteiger partial charge in [-0.2, -0.15) is 5.10 Å². The normalized spacial score (nSPS) is 12.6. The molecule has 1 atom stereocenters. The van der Waals surface area contributed by atoms with Crippen molar-refractivity contribution in [2.24, 2.45) is 7.05 Å². The van der Waals surface area contributed by atoms with E-state index in [1.165, 1.54) is 5.56 Å². The van der Waals surface area contributed by atoms with E-state index in [4.69, 9.17) is 5.11 Å². The van der Waals surface area contributed by atoms with E-state index in [-0.39, 0.29) is 12.5 Å². The molecule has 18 heavy (non-hydrogen) atoms. The van der Waals surface area contributed by atoms with Crippen LogP contribution < -0.4 is 0 Å². The summed E-state index contributed by atoms with van der Waals surface area (Å²) in [6.07, 6.45) is 3.53. The first-order chi connectivity index (χ1) is 8.74. The number of nitrogens with zero attached hydrogens (tertiary/aromatic N) is 2. The van der Waals surface area contributed by atoms with Gasteiger partial charge < -0.3 is 5.11 Å². The number of aromatic nitrogens is 2. The fourth-order valence-corrected chi connectivity index (χ4v) is 2.88. The Morgan fingerprint density at radius 2 is 2.06 bits per heavy atom. The summed E-state index contributed by atoms with van der Waals surface area (Å²) in [5, 5.41) is 13.3. The van der Waals surface area contributed by atoms with E-state index in [0.29, 0.717) is 0 Å². The summed E-state index contributed by atoms with van der Waals surface area (Å²) in [4.78, 5) is 0. The Morgan fingerprint density at radius 1 is 1.33 bits per heavy atom. The molecule has 0 saturated heterocycles. The number of rotatable bonds is 5. The first kappa shape index (κ1) is 13.3. The van der Waals surface area contributed by atoms with Gasteiger partial charge in [0.2, 0.25) is 0 Å². The van der Waals surface area contributed by atoms with Crippen molar-refractivity contribution in [3.8, 4) is 0 Å². The molecule has 0 saturated carbocycles. The maximum absolute atomic E-state index is 9.06. The van der Waals surface area contributed by atoms with Crippen molar-refractivity contribution in [3.05, 3.63) is 52.3 Å². The number of hydrogen-bond donors (Lipinski definition) is 1. The van der Waals surface area contributed by atoms with Crippen molar-refractivity contribution in [1.82, 2.24) is 9.78 Å². The molecule has 0 fully saturated rings. The first-order valence-electron chi connectivity index (χ1n) is 6.07. The molecule has 1 aromatic carbocycles. The molecular weight excluding hydrogens is 292 g/mol. The Bertz CT molecular complexity index is 476. The molecule has 0 aliphatic rings. The number of hydrogen-bond acceptors (Lipinski definition) is 2. The molecule has 0 amide bonds. The summed E-state index contributed by atoms with van der Waals surface area (Å²) in [7, 11) is 1.95. The van der Waals surface area contributed by atoms with Gasteiger partial charge in [0, 0.05) is 19.6 Å². The molecule has 2 rings (SSSR count). The van der Waals surface area contributed by atoms with Gasteiger partial charge >= 0.3 is 0 Å². The number of halogens is 1. The summed E-state index contributed by atoms with van der Waals surface area (Å²) >= 11 is 3.56. The first-order valence-corrected chi connectivity index (χ1v) is 6.86. The molecule has 1 heterocycles. The van der Waals surface area contributed by atoms with Crippen molar-refractivity contribution in [2.45, 2.75) is 18.8 Å². The van der Waals surface area contributed by atoms with Crippen LogP contribution in [-0.4, -0.2) is 21.5 Å². The summed E-state index contributed by atoms with van der Waals surface area (Å²) in [6, 6.07) is 10.4. The molecule has 0 aliphatic carbocycles. The smallest absolute Gasteiger partial charge is 0.0635 e. The van der Waals surface area contributed by atoms with Gasteiger partial charge in [0.05, 0.1) is 16.4 Å². The Hall–Kier alpha value is -1.13. The lowest BCUT2D eigenvalue weighted by atomic mass is 9.91. The van der Waals surface area contributed by atoms with E-state index < -0.39 is 0 Å². The largest absolute Gasteiger partial charge is 0.396 e. The van der Waals surface area contributed by atoms with Gasteiger partial charge in [0.1, 0.15) is 0 Å². The van der Waals surface area contributed by atoms with Crippen LogP contribution >= 0.6 is 15.9 Å². The topological polar surface area (TPSA) is 38.0 Å². The summed E-state index contributed by atoms with van der Waals surface area (Å²) < 4.78 is 2.93. The van der Waals surface area contributed by atoms with Crippen LogP contribution in [0.15, 0.2) is 41.0 Å². The standard InChI is InChI=1S/C14H17BrN2O/c1-17-14(13(15)10-16-17)12(8-5-9-18)11-6-3-2-4-7-11/h2-4,6-7,10,12,18H,5,8-9H2,1H3. The zero-order valence-corrected chi connectivity index (χ0v) is 12.0. The summed E-state index contributed by atoms with van der Waals surface area (Å²) in [6.45, 7) is 0.221. The Kier molecular flexibility index (Phi) is 4.55. The highest BCUT2D eigenvalue weighted by Crippen LogP contribution is 2.33. The second-order valence-electron chi connectivity index (χ2n) is 4.33. The lowest BCUT2D eigenvalue weighted by molar-refractivity contribution is 0.281. The third-order valence-electron chi connectivity index (χ3n) is 3.12. The van der Waals surface area contributed by atoms with Gasteiger partial charge in [-0.15, -0.1) is 0 Å². The Labute approximate surface area is 116 Å². The fraction of sp³-hybridized carbons (Fsp3) is 0.357. The zero-order chi connectivity index (χ0) is 13.0. The van der Waals surface area contributed by atoms with Gasteiger partial charge in [-0.1, -0.05) is 30.3 Å². The molecule has 0 aliphatic heterocycles. The van der Waals surface area contributed by atoms with Crippen molar-refractivity contribution < 1.29 is 5.11 Å². The molecule has 96 valence electrons. The molecule has 4 heteroatoms. The van der Waals surface area contributed by atoms with E-state index >= 15 is 0 Å². The Balaban J connectivity index is 2.37. The van der Waals surface area contributed by atoms with Gasteiger partial charge in [-0.3, -0.25) is 4.68 Å². The molecule has 1 aromatic heterocycles. The van der Waals surface area contributed by atoms with Crippen LogP contribution in [0, 0.1) is 0 Å². The van der Waals surface area contributed by atoms with Gasteiger partial charge in [-0.05, 0) is 34.3 Å². The van der Waals surface area contributed by atoms with Crippen molar-refractivity contribution in [3.63, 3.8) is 0 Å². The van der Waals surface area contributed by atoms with Crippen LogP contribution in [0.3, 0.4) is 0 Å². The molecule has 0 bridgehead atoms. The summed E-state index contributed by atoms with van der Waals surface area (Å²) in [5.41, 5.74) is 2.42. The van der Waals surface area contributed by atoms with E-state index in [9.17, 15) is 0 Å². The quantitative estimate of drug-likeness (QED) is 0.921. The fourth-order valence-electron chi connectivity index (χ4n) is 2.25. The van der Waals surface area contributed by atoms with E-state index in [2.05, 4.69) is 33.2 Å². The minimum atomic E-state index is 0.221. The second kappa shape index (κ2) is 6.16. The van der Waals surface area contributed by atoms with Crippen molar-refractivity contribution in [2.75, 3.05) is 6.61 Å². The lowest BCUT2D eigenvalue weighted by Crippen LogP contribution is -2.09. The second-order valence-corrected chi connectivity index (χ2v) is 5.18. The SMILES string of the molecule is Cn1ncc(Br)c1C(CCCO)c1ccccc1. The molecule has 2 aromatic rings. The van der Waals surface area contributed by atoms with Crippen molar-refractivity contribution >= 4 is 15.9 Å². The molecule has 1 unspecified atom stereocenters. The predicted molar refractivity (Wildman–Crippen MR) is 75.5 cm³/mol. The van der Waals surface area contributed by atoms with Crippen LogP contribution in [0.25, 0.3) is 0 Å². The maximum Gasteiger partial charge on any atom is 0.0635 e. The molecule has 1 N–H and O–H groups in total. The van der Waals surface area contributed by atoms with Crippen LogP contribution in [0.4, 0.5) is 0 Å². The highest BCUT2D eigenvalue weighted by atomic mass is 79.9. The highest BCUT2D eigenvalue weighted by molar-refractivity contribution is 9.10. The molecule has 0 radical (unpaired) electrons. The number of benzene rings is 1. The Morgan fingerprint density at radius 3 is 2.61 bits per heavy atom. The zero-order valence-electron chi connectivity index (χ0n) is 10.4. The van der Waals surface area contributed by atoms with Crippen LogP contribution in [0.1, 0.15) is 30.0 Å². The minimum Gasteiger partial charge on any atom is -0.396 e.